The van der Waals surface area contributed by atoms with Gasteiger partial charge in [-0.05, 0) is 6.07 Å². The second kappa shape index (κ2) is 3.88. The summed E-state index contributed by atoms with van der Waals surface area (Å²) in [4.78, 5) is 11.9. The van der Waals surface area contributed by atoms with Crippen molar-refractivity contribution < 1.29 is 4.74 Å². The van der Waals surface area contributed by atoms with Gasteiger partial charge >= 0.3 is 6.01 Å². The molecule has 0 saturated carbocycles. The average Bonchev–Trinajstić information content (AvgIpc) is 2.81. The lowest BCUT2D eigenvalue weighted by Gasteiger charge is -2.04. The Bertz CT molecular complexity index is 418. The van der Waals surface area contributed by atoms with E-state index in [-0.39, 0.29) is 12.0 Å². The number of nitrogen functional groups attached to an aromatic ring is 1. The van der Waals surface area contributed by atoms with Crippen LogP contribution in [0.4, 0.5) is 5.95 Å². The molecular weight excluding hydrogens is 198 g/mol. The summed E-state index contributed by atoms with van der Waals surface area (Å²) in [7, 11) is 1.46. The number of hydrogen-bond acceptors (Lipinski definition) is 7. The molecule has 8 nitrogen and oxygen atoms in total. The summed E-state index contributed by atoms with van der Waals surface area (Å²) in [5.41, 5.74) is 2.32. The van der Waals surface area contributed by atoms with Gasteiger partial charge in [-0.1, -0.05) is 0 Å². The molecule has 2 heterocycles. The zero-order valence-electron chi connectivity index (χ0n) is 7.95. The quantitative estimate of drug-likeness (QED) is 0.509. The predicted molar refractivity (Wildman–Crippen MR) is 51.3 cm³/mol. The maximum atomic E-state index is 5.21. The zero-order valence-corrected chi connectivity index (χ0v) is 7.95. The molecule has 2 aromatic rings. The van der Waals surface area contributed by atoms with Crippen LogP contribution in [0.25, 0.3) is 5.95 Å². The highest BCUT2D eigenvalue weighted by Crippen LogP contribution is 2.08. The number of nitrogens with one attached hydrogen (secondary N) is 1. The maximum absolute atomic E-state index is 5.21. The fourth-order valence-corrected chi connectivity index (χ4v) is 0.991. The molecule has 2 aromatic heterocycles. The Morgan fingerprint density at radius 3 is 2.87 bits per heavy atom. The number of hydrogen-bond donors (Lipinski definition) is 2. The van der Waals surface area contributed by atoms with Crippen LogP contribution in [0.2, 0.25) is 0 Å². The molecule has 0 unspecified atom stereocenters. The van der Waals surface area contributed by atoms with Crippen LogP contribution >= 0.6 is 0 Å². The lowest BCUT2D eigenvalue weighted by atomic mass is 10.7. The third kappa shape index (κ3) is 1.83. The average molecular weight is 207 g/mol. The number of nitrogens with two attached hydrogens (primary N) is 1. The van der Waals surface area contributed by atoms with Gasteiger partial charge in [0.25, 0.3) is 5.95 Å². The zero-order chi connectivity index (χ0) is 10.7. The molecule has 0 bridgehead atoms. The minimum absolute atomic E-state index is 0.170. The molecule has 0 saturated heterocycles. The normalized spacial score (nSPS) is 10.0. The molecular formula is C7H9N7O. The van der Waals surface area contributed by atoms with Crippen LogP contribution in [-0.4, -0.2) is 31.8 Å². The van der Waals surface area contributed by atoms with Crippen molar-refractivity contribution >= 4 is 5.95 Å². The van der Waals surface area contributed by atoms with Crippen molar-refractivity contribution in [3.8, 4) is 12.0 Å². The van der Waals surface area contributed by atoms with Crippen LogP contribution in [0, 0.1) is 0 Å². The van der Waals surface area contributed by atoms with Crippen molar-refractivity contribution in [1.29, 1.82) is 0 Å². The van der Waals surface area contributed by atoms with E-state index in [0.29, 0.717) is 5.95 Å². The third-order valence-electron chi connectivity index (χ3n) is 1.62. The van der Waals surface area contributed by atoms with Crippen LogP contribution in [-0.2, 0) is 0 Å². The largest absolute Gasteiger partial charge is 0.467 e. The van der Waals surface area contributed by atoms with E-state index in [1.807, 2.05) is 0 Å². The van der Waals surface area contributed by atoms with E-state index in [1.54, 1.807) is 18.5 Å². The minimum Gasteiger partial charge on any atom is -0.467 e. The first-order valence-electron chi connectivity index (χ1n) is 4.10. The summed E-state index contributed by atoms with van der Waals surface area (Å²) in [6.45, 7) is 0. The summed E-state index contributed by atoms with van der Waals surface area (Å²) in [6.07, 6.45) is 3.32. The van der Waals surface area contributed by atoms with E-state index < -0.39 is 0 Å². The molecule has 0 aromatic carbocycles. The first-order chi connectivity index (χ1) is 7.33. The molecule has 0 aliphatic heterocycles. The van der Waals surface area contributed by atoms with Gasteiger partial charge in [0.2, 0.25) is 5.95 Å². The SMILES string of the molecule is COc1nc(NN)nc(-n2cccn2)n1. The Morgan fingerprint density at radius 1 is 1.40 bits per heavy atom. The highest BCUT2D eigenvalue weighted by atomic mass is 16.5. The van der Waals surface area contributed by atoms with Gasteiger partial charge in [-0.3, -0.25) is 5.43 Å². The maximum Gasteiger partial charge on any atom is 0.322 e. The number of hydrazine groups is 1. The fraction of sp³-hybridized carbons (Fsp3) is 0.143. The molecule has 15 heavy (non-hydrogen) atoms. The molecule has 0 amide bonds. The van der Waals surface area contributed by atoms with E-state index in [0.717, 1.165) is 0 Å². The topological polar surface area (TPSA) is 104 Å². The molecule has 0 fully saturated rings. The van der Waals surface area contributed by atoms with E-state index in [2.05, 4.69) is 25.5 Å². The van der Waals surface area contributed by atoms with Gasteiger partial charge in [-0.2, -0.15) is 20.1 Å². The first kappa shape index (κ1) is 9.34. The number of rotatable bonds is 3. The predicted octanol–water partition coefficient (Wildman–Crippen LogP) is -0.649. The number of methoxy groups -OCH3 is 1. The van der Waals surface area contributed by atoms with Crippen LogP contribution < -0.4 is 16.0 Å². The molecule has 2 rings (SSSR count). The van der Waals surface area contributed by atoms with Crippen molar-refractivity contribution in [2.24, 2.45) is 5.84 Å². The van der Waals surface area contributed by atoms with Gasteiger partial charge in [0.1, 0.15) is 0 Å². The standard InChI is InChI=1S/C7H9N7O/c1-15-7-11-5(13-8)10-6(12-7)14-4-2-3-9-14/h2-4H,8H2,1H3,(H,10,11,12,13). The van der Waals surface area contributed by atoms with Gasteiger partial charge in [-0.25, -0.2) is 10.5 Å². The van der Waals surface area contributed by atoms with Crippen molar-refractivity contribution in [3.05, 3.63) is 18.5 Å². The lowest BCUT2D eigenvalue weighted by molar-refractivity contribution is 0.377. The van der Waals surface area contributed by atoms with Crippen molar-refractivity contribution in [2.45, 2.75) is 0 Å². The van der Waals surface area contributed by atoms with E-state index in [4.69, 9.17) is 10.6 Å². The fourth-order valence-electron chi connectivity index (χ4n) is 0.991. The second-order valence-electron chi connectivity index (χ2n) is 2.54. The summed E-state index contributed by atoms with van der Waals surface area (Å²) in [5.74, 6) is 5.76. The van der Waals surface area contributed by atoms with E-state index in [1.165, 1.54) is 11.8 Å². The summed E-state index contributed by atoms with van der Waals surface area (Å²) < 4.78 is 6.37. The van der Waals surface area contributed by atoms with Gasteiger partial charge in [-0.15, -0.1) is 0 Å². The number of anilines is 1. The summed E-state index contributed by atoms with van der Waals surface area (Å²) >= 11 is 0. The van der Waals surface area contributed by atoms with Gasteiger partial charge < -0.3 is 4.74 Å². The summed E-state index contributed by atoms with van der Waals surface area (Å²) in [5, 5.41) is 3.98. The van der Waals surface area contributed by atoms with E-state index >= 15 is 0 Å². The molecule has 8 heteroatoms. The third-order valence-corrected chi connectivity index (χ3v) is 1.62. The van der Waals surface area contributed by atoms with Crippen molar-refractivity contribution in [3.63, 3.8) is 0 Å². The van der Waals surface area contributed by atoms with Crippen molar-refractivity contribution in [2.75, 3.05) is 12.5 Å². The molecule has 0 aliphatic carbocycles. The van der Waals surface area contributed by atoms with Gasteiger partial charge in [0, 0.05) is 12.4 Å². The highest BCUT2D eigenvalue weighted by molar-refractivity contribution is 5.28. The Hall–Kier alpha value is -2.22. The highest BCUT2D eigenvalue weighted by Gasteiger charge is 2.07. The second-order valence-corrected chi connectivity index (χ2v) is 2.54. The monoisotopic (exact) mass is 207 g/mol. The smallest absolute Gasteiger partial charge is 0.322 e. The van der Waals surface area contributed by atoms with Crippen LogP contribution in [0.1, 0.15) is 0 Å². The van der Waals surface area contributed by atoms with Gasteiger partial charge in [0.05, 0.1) is 7.11 Å². The molecule has 0 radical (unpaired) electrons. The van der Waals surface area contributed by atoms with Gasteiger partial charge in [0.15, 0.2) is 0 Å². The van der Waals surface area contributed by atoms with Crippen LogP contribution in [0.5, 0.6) is 6.01 Å². The van der Waals surface area contributed by atoms with E-state index in [9.17, 15) is 0 Å². The Labute approximate surface area is 85.1 Å². The molecule has 0 spiro atoms. The number of nitrogens with zero attached hydrogens (tertiary/aromatic N) is 5. The van der Waals surface area contributed by atoms with Crippen LogP contribution in [0.15, 0.2) is 18.5 Å². The first-order valence-corrected chi connectivity index (χ1v) is 4.10. The van der Waals surface area contributed by atoms with Crippen molar-refractivity contribution in [1.82, 2.24) is 24.7 Å². The summed E-state index contributed by atoms with van der Waals surface area (Å²) in [6, 6.07) is 1.93. The molecule has 0 atom stereocenters. The molecule has 3 N–H and O–H groups in total. The Kier molecular flexibility index (Phi) is 2.42. The molecule has 0 aliphatic rings. The van der Waals surface area contributed by atoms with Crippen LogP contribution in [0.3, 0.4) is 0 Å². The number of aromatic nitrogens is 5. The Balaban J connectivity index is 2.47. The lowest BCUT2D eigenvalue weighted by Crippen LogP contribution is -2.14. The molecule has 78 valence electrons. The minimum atomic E-state index is 0.170. The number of ether oxygens (including phenoxy) is 1. The Morgan fingerprint density at radius 2 is 2.27 bits per heavy atom.